The van der Waals surface area contributed by atoms with Crippen molar-refractivity contribution in [3.63, 3.8) is 0 Å². The van der Waals surface area contributed by atoms with Crippen LogP contribution in [0.25, 0.3) is 33.4 Å². The van der Waals surface area contributed by atoms with E-state index in [1.807, 2.05) is 0 Å². The first-order chi connectivity index (χ1) is 16.5. The van der Waals surface area contributed by atoms with E-state index in [1.165, 1.54) is 34.2 Å². The molecule has 0 saturated carbocycles. The molecule has 0 radical (unpaired) electrons. The molecule has 0 aliphatic heterocycles. The van der Waals surface area contributed by atoms with Gasteiger partial charge < -0.3 is 5.73 Å². The third-order valence-corrected chi connectivity index (χ3v) is 8.51. The topological polar surface area (TPSA) is 26.0 Å². The summed E-state index contributed by atoms with van der Waals surface area (Å²) in [7, 11) is 0. The smallest absolute Gasteiger partial charge is 0.0563 e. The number of fused-ring (bicyclic) bond motifs is 2. The van der Waals surface area contributed by atoms with Crippen molar-refractivity contribution in [2.45, 2.75) is 44.6 Å². The molecule has 1 nitrogen and oxygen atoms in total. The van der Waals surface area contributed by atoms with Gasteiger partial charge in [-0.1, -0.05) is 103 Å². The van der Waals surface area contributed by atoms with Crippen molar-refractivity contribution in [2.75, 3.05) is 0 Å². The van der Waals surface area contributed by atoms with Gasteiger partial charge in [-0.25, -0.2) is 0 Å². The van der Waals surface area contributed by atoms with Gasteiger partial charge >= 0.3 is 0 Å². The van der Waals surface area contributed by atoms with Crippen LogP contribution in [0.5, 0.6) is 0 Å². The van der Waals surface area contributed by atoms with Crippen LogP contribution >= 0.6 is 23.2 Å². The van der Waals surface area contributed by atoms with Crippen molar-refractivity contribution >= 4 is 23.2 Å². The molecule has 2 aliphatic carbocycles. The Balaban J connectivity index is 1.42. The fourth-order valence-electron chi connectivity index (χ4n) is 5.74. The maximum Gasteiger partial charge on any atom is 0.0563 e. The fourth-order valence-corrected chi connectivity index (χ4v) is 6.42. The van der Waals surface area contributed by atoms with Gasteiger partial charge in [0.15, 0.2) is 0 Å². The molecule has 4 aromatic rings. The zero-order chi connectivity index (χ0) is 23.4. The average Bonchev–Trinajstić information content (AvgIpc) is 3.41. The largest absolute Gasteiger partial charge is 0.324 e. The van der Waals surface area contributed by atoms with Crippen LogP contribution < -0.4 is 5.73 Å². The zero-order valence-electron chi connectivity index (χ0n) is 19.2. The Hall–Kier alpha value is -2.58. The lowest BCUT2D eigenvalue weighted by Gasteiger charge is -2.15. The molecular weight excluding hydrogens is 457 g/mol. The molecule has 2 atom stereocenters. The highest BCUT2D eigenvalue weighted by Crippen LogP contribution is 2.44. The van der Waals surface area contributed by atoms with Gasteiger partial charge in [0.2, 0.25) is 0 Å². The van der Waals surface area contributed by atoms with Crippen LogP contribution in [0.2, 0.25) is 10.0 Å². The molecule has 0 saturated heterocycles. The Morgan fingerprint density at radius 2 is 1.15 bits per heavy atom. The SMILES string of the molecule is CC1CCc2cc(-c3cccc(-c4cccc(-c5ccc6c(c5)CCC6N)c4Cl)c3Cl)ccc21. The Bertz CT molecular complexity index is 1310. The van der Waals surface area contributed by atoms with E-state index in [0.29, 0.717) is 5.92 Å². The van der Waals surface area contributed by atoms with Crippen LogP contribution in [0, 0.1) is 0 Å². The number of aryl methyl sites for hydroxylation is 2. The van der Waals surface area contributed by atoms with E-state index in [2.05, 4.69) is 79.7 Å². The molecule has 2 aliphatic rings. The fraction of sp³-hybridized carbons (Fsp3) is 0.226. The molecule has 0 spiro atoms. The van der Waals surface area contributed by atoms with E-state index in [1.54, 1.807) is 0 Å². The summed E-state index contributed by atoms with van der Waals surface area (Å²) in [5.74, 6) is 0.641. The first kappa shape index (κ1) is 21.9. The van der Waals surface area contributed by atoms with Crippen molar-refractivity contribution in [1.29, 1.82) is 0 Å². The summed E-state index contributed by atoms with van der Waals surface area (Å²) in [5, 5.41) is 1.47. The van der Waals surface area contributed by atoms with Crippen LogP contribution in [-0.2, 0) is 12.8 Å². The summed E-state index contributed by atoms with van der Waals surface area (Å²) >= 11 is 14.1. The second-order valence-electron chi connectivity index (χ2n) is 9.75. The highest BCUT2D eigenvalue weighted by atomic mass is 35.5. The molecule has 3 heteroatoms. The van der Waals surface area contributed by atoms with Crippen molar-refractivity contribution in [3.05, 3.63) is 105 Å². The second kappa shape index (κ2) is 8.57. The number of halogens is 2. The zero-order valence-corrected chi connectivity index (χ0v) is 20.8. The molecule has 0 fully saturated rings. The highest BCUT2D eigenvalue weighted by molar-refractivity contribution is 6.39. The molecule has 4 aromatic carbocycles. The van der Waals surface area contributed by atoms with E-state index >= 15 is 0 Å². The number of hydrogen-bond acceptors (Lipinski definition) is 1. The number of nitrogens with two attached hydrogens (primary N) is 1. The molecule has 0 aromatic heterocycles. The lowest BCUT2D eigenvalue weighted by Crippen LogP contribution is -2.04. The van der Waals surface area contributed by atoms with Gasteiger partial charge in [-0.15, -0.1) is 0 Å². The summed E-state index contributed by atoms with van der Waals surface area (Å²) < 4.78 is 0. The average molecular weight is 484 g/mol. The normalized spacial score (nSPS) is 18.7. The van der Waals surface area contributed by atoms with E-state index in [-0.39, 0.29) is 6.04 Å². The van der Waals surface area contributed by atoms with Gasteiger partial charge in [0.1, 0.15) is 0 Å². The molecule has 34 heavy (non-hydrogen) atoms. The summed E-state index contributed by atoms with van der Waals surface area (Å²) in [5.41, 5.74) is 18.0. The number of hydrogen-bond donors (Lipinski definition) is 1. The number of rotatable bonds is 3. The second-order valence-corrected chi connectivity index (χ2v) is 10.5. The lowest BCUT2D eigenvalue weighted by atomic mass is 9.93. The van der Waals surface area contributed by atoms with Gasteiger partial charge in [0.25, 0.3) is 0 Å². The molecule has 6 rings (SSSR count). The molecule has 0 heterocycles. The van der Waals surface area contributed by atoms with E-state index < -0.39 is 0 Å². The highest BCUT2D eigenvalue weighted by Gasteiger charge is 2.22. The predicted octanol–water partition coefficient (Wildman–Crippen LogP) is 8.99. The third-order valence-electron chi connectivity index (χ3n) is 7.70. The van der Waals surface area contributed by atoms with E-state index in [4.69, 9.17) is 28.9 Å². The molecule has 2 N–H and O–H groups in total. The van der Waals surface area contributed by atoms with Crippen molar-refractivity contribution in [2.24, 2.45) is 5.73 Å². The Labute approximate surface area is 211 Å². The van der Waals surface area contributed by atoms with Gasteiger partial charge in [0.05, 0.1) is 10.0 Å². The summed E-state index contributed by atoms with van der Waals surface area (Å²) in [6, 6.07) is 25.9. The van der Waals surface area contributed by atoms with Crippen LogP contribution in [0.3, 0.4) is 0 Å². The lowest BCUT2D eigenvalue weighted by molar-refractivity contribution is 0.713. The van der Waals surface area contributed by atoms with Crippen molar-refractivity contribution in [3.8, 4) is 33.4 Å². The summed E-state index contributed by atoms with van der Waals surface area (Å²) in [6.45, 7) is 2.31. The van der Waals surface area contributed by atoms with Crippen LogP contribution in [0.15, 0.2) is 72.8 Å². The first-order valence-corrected chi connectivity index (χ1v) is 12.9. The molecule has 2 unspecified atom stereocenters. The van der Waals surface area contributed by atoms with E-state index in [0.717, 1.165) is 57.1 Å². The van der Waals surface area contributed by atoms with Crippen molar-refractivity contribution < 1.29 is 0 Å². The first-order valence-electron chi connectivity index (χ1n) is 12.1. The molecule has 0 amide bonds. The predicted molar refractivity (Wildman–Crippen MR) is 145 cm³/mol. The Kier molecular flexibility index (Phi) is 5.53. The van der Waals surface area contributed by atoms with Crippen LogP contribution in [0.1, 0.15) is 54.0 Å². The third kappa shape index (κ3) is 3.58. The minimum atomic E-state index is 0.148. The summed E-state index contributed by atoms with van der Waals surface area (Å²) in [6.07, 6.45) is 4.40. The Morgan fingerprint density at radius 1 is 0.647 bits per heavy atom. The minimum absolute atomic E-state index is 0.148. The van der Waals surface area contributed by atoms with Gasteiger partial charge in [0, 0.05) is 28.3 Å². The Morgan fingerprint density at radius 3 is 1.76 bits per heavy atom. The maximum absolute atomic E-state index is 7.05. The standard InChI is InChI=1S/C31H27Cl2N/c1-18-8-9-19-16-21(10-13-23(18)19)25-4-2-6-27(30(25)32)28-7-3-5-26(31(28)33)22-11-14-24-20(17-22)12-15-29(24)34/h2-7,10-11,13-14,16-18,29H,8-9,12,15,34H2,1H3. The molecule has 0 bridgehead atoms. The summed E-state index contributed by atoms with van der Waals surface area (Å²) in [4.78, 5) is 0. The van der Waals surface area contributed by atoms with Crippen LogP contribution in [-0.4, -0.2) is 0 Å². The quantitative estimate of drug-likeness (QED) is 0.309. The molecular formula is C31H27Cl2N. The van der Waals surface area contributed by atoms with E-state index in [9.17, 15) is 0 Å². The maximum atomic E-state index is 7.05. The molecule has 170 valence electrons. The monoisotopic (exact) mass is 483 g/mol. The van der Waals surface area contributed by atoms with Gasteiger partial charge in [-0.3, -0.25) is 0 Å². The van der Waals surface area contributed by atoms with Crippen LogP contribution in [0.4, 0.5) is 0 Å². The minimum Gasteiger partial charge on any atom is -0.324 e. The van der Waals surface area contributed by atoms with Gasteiger partial charge in [-0.05, 0) is 65.0 Å². The van der Waals surface area contributed by atoms with Gasteiger partial charge in [-0.2, -0.15) is 0 Å². The van der Waals surface area contributed by atoms with Crippen molar-refractivity contribution in [1.82, 2.24) is 0 Å². The number of benzene rings is 4.